The van der Waals surface area contributed by atoms with E-state index in [1.54, 1.807) is 48.5 Å². The van der Waals surface area contributed by atoms with Gasteiger partial charge in [-0.3, -0.25) is 25.2 Å². The summed E-state index contributed by atoms with van der Waals surface area (Å²) < 4.78 is 0. The van der Waals surface area contributed by atoms with E-state index in [0.29, 0.717) is 22.4 Å². The van der Waals surface area contributed by atoms with Gasteiger partial charge in [0.15, 0.2) is 0 Å². The minimum Gasteiger partial charge on any atom is -0.322 e. The van der Waals surface area contributed by atoms with E-state index in [1.807, 2.05) is 38.1 Å². The molecule has 3 N–H and O–H groups in total. The number of hydrogen-bond donors (Lipinski definition) is 3. The standard InChI is InChI=1S/C23H21N3O3/c1-15-9-11-17(12-10-15)22(28)25-26-23(29)19-7-4-8-20(14-19)24-21(27)18-6-3-5-16(2)13-18/h3-14H,1-2H3,(H,24,27)(H,25,28)(H,26,29). The summed E-state index contributed by atoms with van der Waals surface area (Å²) in [6.45, 7) is 3.83. The van der Waals surface area contributed by atoms with E-state index in [2.05, 4.69) is 16.2 Å². The SMILES string of the molecule is Cc1ccc(C(=O)NNC(=O)c2cccc(NC(=O)c3cccc(C)c3)c2)cc1. The molecule has 0 aliphatic carbocycles. The van der Waals surface area contributed by atoms with E-state index < -0.39 is 11.8 Å². The molecule has 0 saturated carbocycles. The maximum absolute atomic E-state index is 12.4. The minimum absolute atomic E-state index is 0.265. The van der Waals surface area contributed by atoms with Gasteiger partial charge in [0.25, 0.3) is 17.7 Å². The Morgan fingerprint density at radius 2 is 1.17 bits per heavy atom. The number of carbonyl (C=O) groups excluding carboxylic acids is 3. The quantitative estimate of drug-likeness (QED) is 0.598. The van der Waals surface area contributed by atoms with Crippen LogP contribution < -0.4 is 16.2 Å². The van der Waals surface area contributed by atoms with Crippen LogP contribution in [0.2, 0.25) is 0 Å². The van der Waals surface area contributed by atoms with Crippen molar-refractivity contribution >= 4 is 23.4 Å². The van der Waals surface area contributed by atoms with Crippen LogP contribution in [-0.4, -0.2) is 17.7 Å². The number of carbonyl (C=O) groups is 3. The Hall–Kier alpha value is -3.93. The average Bonchev–Trinajstić information content (AvgIpc) is 2.72. The van der Waals surface area contributed by atoms with Crippen LogP contribution in [0.3, 0.4) is 0 Å². The van der Waals surface area contributed by atoms with Gasteiger partial charge in [-0.2, -0.15) is 0 Å². The van der Waals surface area contributed by atoms with E-state index in [4.69, 9.17) is 0 Å². The average molecular weight is 387 g/mol. The molecule has 146 valence electrons. The molecule has 0 aromatic heterocycles. The molecule has 29 heavy (non-hydrogen) atoms. The first-order valence-electron chi connectivity index (χ1n) is 9.08. The molecule has 0 radical (unpaired) electrons. The molecule has 0 spiro atoms. The molecule has 6 heteroatoms. The first kappa shape index (κ1) is 19.8. The van der Waals surface area contributed by atoms with E-state index in [1.165, 1.54) is 0 Å². The van der Waals surface area contributed by atoms with Gasteiger partial charge in [0.05, 0.1) is 0 Å². The lowest BCUT2D eigenvalue weighted by atomic mass is 10.1. The van der Waals surface area contributed by atoms with Crippen LogP contribution in [-0.2, 0) is 0 Å². The van der Waals surface area contributed by atoms with Crippen molar-refractivity contribution in [3.63, 3.8) is 0 Å². The van der Waals surface area contributed by atoms with Gasteiger partial charge in [0.2, 0.25) is 0 Å². The van der Waals surface area contributed by atoms with Gasteiger partial charge in [-0.1, -0.05) is 41.5 Å². The van der Waals surface area contributed by atoms with E-state index in [9.17, 15) is 14.4 Å². The Kier molecular flexibility index (Phi) is 6.04. The van der Waals surface area contributed by atoms with E-state index in [0.717, 1.165) is 11.1 Å². The van der Waals surface area contributed by atoms with Gasteiger partial charge < -0.3 is 5.32 Å². The summed E-state index contributed by atoms with van der Waals surface area (Å²) in [4.78, 5) is 36.8. The molecule has 0 bridgehead atoms. The maximum atomic E-state index is 12.4. The highest BCUT2D eigenvalue weighted by atomic mass is 16.2. The molecular weight excluding hydrogens is 366 g/mol. The van der Waals surface area contributed by atoms with Crippen LogP contribution >= 0.6 is 0 Å². The number of rotatable bonds is 4. The molecule has 0 heterocycles. The minimum atomic E-state index is -0.489. The van der Waals surface area contributed by atoms with E-state index in [-0.39, 0.29) is 5.91 Å². The summed E-state index contributed by atoms with van der Waals surface area (Å²) in [7, 11) is 0. The normalized spacial score (nSPS) is 10.1. The van der Waals surface area contributed by atoms with Crippen LogP contribution in [0.25, 0.3) is 0 Å². The fourth-order valence-electron chi connectivity index (χ4n) is 2.69. The summed E-state index contributed by atoms with van der Waals surface area (Å²) in [5.74, 6) is -1.17. The van der Waals surface area contributed by atoms with E-state index >= 15 is 0 Å². The summed E-state index contributed by atoms with van der Waals surface area (Å²) in [5, 5.41) is 2.77. The highest BCUT2D eigenvalue weighted by molar-refractivity contribution is 6.05. The van der Waals surface area contributed by atoms with Crippen molar-refractivity contribution in [1.29, 1.82) is 0 Å². The number of nitrogens with one attached hydrogen (secondary N) is 3. The highest BCUT2D eigenvalue weighted by Gasteiger charge is 2.11. The first-order chi connectivity index (χ1) is 13.9. The molecule has 0 saturated heterocycles. The zero-order valence-corrected chi connectivity index (χ0v) is 16.2. The van der Waals surface area contributed by atoms with Gasteiger partial charge in [0.1, 0.15) is 0 Å². The van der Waals surface area contributed by atoms with Gasteiger partial charge in [-0.15, -0.1) is 0 Å². The molecule has 3 amide bonds. The Balaban J connectivity index is 1.62. The molecule has 0 aliphatic heterocycles. The second-order valence-corrected chi connectivity index (χ2v) is 6.68. The molecule has 0 aliphatic rings. The first-order valence-corrected chi connectivity index (χ1v) is 9.08. The van der Waals surface area contributed by atoms with Gasteiger partial charge in [0, 0.05) is 22.4 Å². The molecule has 6 nitrogen and oxygen atoms in total. The molecule has 3 aromatic carbocycles. The summed E-state index contributed by atoms with van der Waals surface area (Å²) in [6, 6.07) is 20.7. The Labute approximate surface area is 168 Å². The monoisotopic (exact) mass is 387 g/mol. The Morgan fingerprint density at radius 3 is 1.83 bits per heavy atom. The van der Waals surface area contributed by atoms with Crippen LogP contribution in [0, 0.1) is 13.8 Å². The third-order valence-electron chi connectivity index (χ3n) is 4.27. The highest BCUT2D eigenvalue weighted by Crippen LogP contribution is 2.13. The number of hydrogen-bond acceptors (Lipinski definition) is 3. The van der Waals surface area contributed by atoms with Gasteiger partial charge >= 0.3 is 0 Å². The largest absolute Gasteiger partial charge is 0.322 e. The van der Waals surface area contributed by atoms with Crippen LogP contribution in [0.1, 0.15) is 42.2 Å². The molecule has 3 aromatic rings. The van der Waals surface area contributed by atoms with Crippen molar-refractivity contribution in [2.75, 3.05) is 5.32 Å². The number of anilines is 1. The maximum Gasteiger partial charge on any atom is 0.269 e. The number of benzene rings is 3. The lowest BCUT2D eigenvalue weighted by Crippen LogP contribution is -2.41. The second-order valence-electron chi connectivity index (χ2n) is 6.68. The van der Waals surface area contributed by atoms with Crippen LogP contribution in [0.15, 0.2) is 72.8 Å². The Bertz CT molecular complexity index is 1060. The van der Waals surface area contributed by atoms with Crippen LogP contribution in [0.5, 0.6) is 0 Å². The van der Waals surface area contributed by atoms with Crippen molar-refractivity contribution in [1.82, 2.24) is 10.9 Å². The van der Waals surface area contributed by atoms with Crippen LogP contribution in [0.4, 0.5) is 5.69 Å². The topological polar surface area (TPSA) is 87.3 Å². The number of hydrazine groups is 1. The smallest absolute Gasteiger partial charge is 0.269 e. The van der Waals surface area contributed by atoms with Crippen molar-refractivity contribution in [2.24, 2.45) is 0 Å². The zero-order valence-electron chi connectivity index (χ0n) is 16.2. The lowest BCUT2D eigenvalue weighted by Gasteiger charge is -2.10. The van der Waals surface area contributed by atoms with Crippen molar-refractivity contribution < 1.29 is 14.4 Å². The number of aryl methyl sites for hydroxylation is 2. The second kappa shape index (κ2) is 8.84. The Morgan fingerprint density at radius 1 is 0.586 bits per heavy atom. The predicted octanol–water partition coefficient (Wildman–Crippen LogP) is 3.63. The fourth-order valence-corrected chi connectivity index (χ4v) is 2.69. The van der Waals surface area contributed by atoms with Gasteiger partial charge in [-0.05, 0) is 56.3 Å². The summed E-state index contributed by atoms with van der Waals surface area (Å²) in [6.07, 6.45) is 0. The third kappa shape index (κ3) is 5.29. The summed E-state index contributed by atoms with van der Waals surface area (Å²) in [5.41, 5.74) is 8.54. The molecular formula is C23H21N3O3. The van der Waals surface area contributed by atoms with Crippen molar-refractivity contribution in [3.8, 4) is 0 Å². The molecule has 0 fully saturated rings. The molecule has 0 unspecified atom stereocenters. The molecule has 0 atom stereocenters. The lowest BCUT2D eigenvalue weighted by molar-refractivity contribution is 0.0846. The number of amides is 3. The molecule has 3 rings (SSSR count). The zero-order chi connectivity index (χ0) is 20.8. The van der Waals surface area contributed by atoms with Crippen molar-refractivity contribution in [2.45, 2.75) is 13.8 Å². The fraction of sp³-hybridized carbons (Fsp3) is 0.0870. The predicted molar refractivity (Wildman–Crippen MR) is 112 cm³/mol. The summed E-state index contributed by atoms with van der Waals surface area (Å²) >= 11 is 0. The third-order valence-corrected chi connectivity index (χ3v) is 4.27. The van der Waals surface area contributed by atoms with Crippen molar-refractivity contribution in [3.05, 3.63) is 101 Å². The van der Waals surface area contributed by atoms with Gasteiger partial charge in [-0.25, -0.2) is 0 Å².